The number of alkyl halides is 3. The minimum atomic E-state index is -4.98. The molecule has 54 heavy (non-hydrogen) atoms. The molecule has 13 nitrogen and oxygen atoms in total. The van der Waals surface area contributed by atoms with Gasteiger partial charge in [0.15, 0.2) is 0 Å². The number of fused-ring (bicyclic) bond motifs is 1. The standard InChI is InChI=1S/C35H29Cl2F4N9O4/c1-50-31(43-17-44-50)28-29(45-26-14-19(38)13-21-27(26)30(28)48-49-32(21)51)18-3-5-20(6-4-18)53-12-11-52-9-2-10-54-34(7-8-42,35(39,40)41)33-46-24-15-22(36)23(37)16-25(24)47-33/h3-6,13-17,28-29,45H,2,7,9-12H2,1H3,(H,46,47)(H,49,51)/t28-,29-,34?/m1/s1. The molecule has 7 rings (SSSR count). The number of imidazole rings is 1. The van der Waals surface area contributed by atoms with E-state index in [4.69, 9.17) is 37.4 Å². The SMILES string of the molecule is Cn1ncnc1[C@H]1c2n[nH]c(=O)c3cc(F)cc(c23)N[C@@H]1c1ccc(OCCOCCCOC(CC#N)(c2nc3cc(Cl)c(Cl)cc3[nH]2)C(F)(F)F)cc1. The van der Waals surface area contributed by atoms with Crippen LogP contribution in [-0.2, 0) is 22.1 Å². The smallest absolute Gasteiger partial charge is 0.425 e. The van der Waals surface area contributed by atoms with Gasteiger partial charge in [-0.15, -0.1) is 0 Å². The maximum absolute atomic E-state index is 14.6. The van der Waals surface area contributed by atoms with Crippen LogP contribution in [0.5, 0.6) is 5.75 Å². The van der Waals surface area contributed by atoms with Crippen molar-refractivity contribution in [3.63, 3.8) is 0 Å². The highest BCUT2D eigenvalue weighted by Gasteiger charge is 2.59. The predicted molar refractivity (Wildman–Crippen MR) is 189 cm³/mol. The molecule has 6 aromatic rings. The number of nitriles is 1. The molecule has 3 aromatic carbocycles. The van der Waals surface area contributed by atoms with E-state index in [0.717, 1.165) is 5.56 Å². The monoisotopic (exact) mass is 785 g/mol. The Morgan fingerprint density at radius 2 is 1.81 bits per heavy atom. The molecule has 0 spiro atoms. The molecule has 280 valence electrons. The second-order valence-electron chi connectivity index (χ2n) is 12.4. The molecule has 0 bridgehead atoms. The Hall–Kier alpha value is -5.28. The summed E-state index contributed by atoms with van der Waals surface area (Å²) in [6.07, 6.45) is -4.52. The molecule has 19 heteroatoms. The molecule has 3 N–H and O–H groups in total. The number of rotatable bonds is 13. The van der Waals surface area contributed by atoms with E-state index in [-0.39, 0.29) is 59.3 Å². The highest BCUT2D eigenvalue weighted by Crippen LogP contribution is 2.47. The van der Waals surface area contributed by atoms with Crippen molar-refractivity contribution in [2.75, 3.05) is 31.7 Å². The van der Waals surface area contributed by atoms with E-state index in [0.29, 0.717) is 28.3 Å². The van der Waals surface area contributed by atoms with Crippen molar-refractivity contribution >= 4 is 50.7 Å². The summed E-state index contributed by atoms with van der Waals surface area (Å²) in [4.78, 5) is 23.6. The molecule has 0 radical (unpaired) electrons. The van der Waals surface area contributed by atoms with Crippen molar-refractivity contribution in [2.24, 2.45) is 7.05 Å². The molecule has 1 aliphatic heterocycles. The van der Waals surface area contributed by atoms with Crippen LogP contribution in [0.4, 0.5) is 23.2 Å². The maximum Gasteiger partial charge on any atom is 0.425 e. The van der Waals surface area contributed by atoms with Crippen LogP contribution in [-0.4, -0.2) is 67.5 Å². The van der Waals surface area contributed by atoms with Crippen LogP contribution in [0.1, 0.15) is 47.7 Å². The van der Waals surface area contributed by atoms with Crippen molar-refractivity contribution in [1.29, 1.82) is 5.26 Å². The fourth-order valence-corrected chi connectivity index (χ4v) is 6.82. The number of nitrogens with one attached hydrogen (secondary N) is 3. The molecule has 0 saturated carbocycles. The maximum atomic E-state index is 14.6. The molecule has 0 amide bonds. The number of nitrogens with zero attached hydrogens (tertiary/aromatic N) is 6. The molecule has 0 fully saturated rings. The molecule has 0 saturated heterocycles. The van der Waals surface area contributed by atoms with Gasteiger partial charge < -0.3 is 24.5 Å². The Labute approximate surface area is 313 Å². The van der Waals surface area contributed by atoms with Gasteiger partial charge in [0.25, 0.3) is 5.56 Å². The number of benzene rings is 3. The lowest BCUT2D eigenvalue weighted by Crippen LogP contribution is -2.46. The zero-order chi connectivity index (χ0) is 38.2. The van der Waals surface area contributed by atoms with Crippen LogP contribution < -0.4 is 15.6 Å². The Kier molecular flexibility index (Phi) is 10.2. The average molecular weight is 787 g/mol. The lowest BCUT2D eigenvalue weighted by atomic mass is 9.83. The summed E-state index contributed by atoms with van der Waals surface area (Å²) in [7, 11) is 1.75. The fraction of sp³-hybridized carbons (Fsp3) is 0.314. The van der Waals surface area contributed by atoms with Gasteiger partial charge in [-0.2, -0.15) is 28.6 Å². The summed E-state index contributed by atoms with van der Waals surface area (Å²) in [5.74, 6) is -0.566. The lowest BCUT2D eigenvalue weighted by molar-refractivity contribution is -0.286. The third-order valence-corrected chi connectivity index (χ3v) is 9.78. The summed E-state index contributed by atoms with van der Waals surface area (Å²) >= 11 is 12.0. The van der Waals surface area contributed by atoms with E-state index < -0.39 is 47.4 Å². The zero-order valence-electron chi connectivity index (χ0n) is 28.2. The molecule has 1 unspecified atom stereocenters. The van der Waals surface area contributed by atoms with E-state index in [2.05, 4.69) is 35.6 Å². The molecule has 1 aliphatic rings. The topological polar surface area (TPSA) is 169 Å². The molecule has 3 atom stereocenters. The highest BCUT2D eigenvalue weighted by molar-refractivity contribution is 6.42. The summed E-state index contributed by atoms with van der Waals surface area (Å²) in [6.45, 7) is -0.0621. The summed E-state index contributed by atoms with van der Waals surface area (Å²) in [6, 6.07) is 13.4. The van der Waals surface area contributed by atoms with Gasteiger partial charge in [-0.3, -0.25) is 9.48 Å². The quantitative estimate of drug-likeness (QED) is 0.0832. The number of anilines is 1. The fourth-order valence-electron chi connectivity index (χ4n) is 6.50. The van der Waals surface area contributed by atoms with Gasteiger partial charge >= 0.3 is 6.18 Å². The summed E-state index contributed by atoms with van der Waals surface area (Å²) < 4.78 is 76.3. The van der Waals surface area contributed by atoms with Crippen LogP contribution in [0.3, 0.4) is 0 Å². The van der Waals surface area contributed by atoms with E-state index in [1.165, 1.54) is 30.6 Å². The van der Waals surface area contributed by atoms with Gasteiger partial charge in [0, 0.05) is 24.7 Å². The van der Waals surface area contributed by atoms with E-state index in [1.807, 2.05) is 12.1 Å². The number of aryl methyl sites for hydroxylation is 1. The van der Waals surface area contributed by atoms with Crippen LogP contribution in [0, 0.1) is 17.1 Å². The number of halogens is 6. The molecular formula is C35H29Cl2F4N9O4. The van der Waals surface area contributed by atoms with Gasteiger partial charge in [-0.1, -0.05) is 35.3 Å². The minimum absolute atomic E-state index is 0.0546. The third-order valence-electron chi connectivity index (χ3n) is 9.05. The first kappa shape index (κ1) is 37.1. The minimum Gasteiger partial charge on any atom is -0.491 e. The van der Waals surface area contributed by atoms with Crippen LogP contribution in [0.2, 0.25) is 10.0 Å². The van der Waals surface area contributed by atoms with Gasteiger partial charge in [0.1, 0.15) is 36.1 Å². The normalized spacial score (nSPS) is 16.6. The average Bonchev–Trinajstić information content (AvgIpc) is 3.75. The summed E-state index contributed by atoms with van der Waals surface area (Å²) in [5, 5.41) is 24.7. The van der Waals surface area contributed by atoms with Gasteiger partial charge in [0.2, 0.25) is 5.60 Å². The van der Waals surface area contributed by atoms with Crippen molar-refractivity contribution in [3.05, 3.63) is 104 Å². The van der Waals surface area contributed by atoms with E-state index in [1.54, 1.807) is 29.9 Å². The zero-order valence-corrected chi connectivity index (χ0v) is 29.7. The van der Waals surface area contributed by atoms with Gasteiger partial charge in [-0.05, 0) is 48.4 Å². The second-order valence-corrected chi connectivity index (χ2v) is 13.2. The predicted octanol–water partition coefficient (Wildman–Crippen LogP) is 6.85. The Balaban J connectivity index is 0.957. The van der Waals surface area contributed by atoms with E-state index in [9.17, 15) is 27.6 Å². The number of H-pyrrole nitrogens is 2. The van der Waals surface area contributed by atoms with Crippen molar-refractivity contribution in [3.8, 4) is 11.8 Å². The first-order chi connectivity index (χ1) is 25.9. The number of ether oxygens (including phenoxy) is 3. The number of aromatic nitrogens is 7. The van der Waals surface area contributed by atoms with Crippen LogP contribution in [0.25, 0.3) is 21.8 Å². The number of hydrogen-bond acceptors (Lipinski definition) is 10. The Morgan fingerprint density at radius 1 is 1.04 bits per heavy atom. The molecule has 0 aliphatic carbocycles. The number of hydrogen-bond donors (Lipinski definition) is 3. The van der Waals surface area contributed by atoms with E-state index >= 15 is 0 Å². The first-order valence-corrected chi connectivity index (χ1v) is 17.2. The first-order valence-electron chi connectivity index (χ1n) is 16.5. The second kappa shape index (κ2) is 14.9. The van der Waals surface area contributed by atoms with Crippen LogP contribution in [0.15, 0.2) is 59.7 Å². The molecule has 4 heterocycles. The van der Waals surface area contributed by atoms with Crippen molar-refractivity contribution in [2.45, 2.75) is 36.6 Å². The van der Waals surface area contributed by atoms with Gasteiger partial charge in [0.05, 0.1) is 69.8 Å². The Morgan fingerprint density at radius 3 is 2.54 bits per heavy atom. The van der Waals surface area contributed by atoms with Crippen molar-refractivity contribution < 1.29 is 31.8 Å². The third kappa shape index (κ3) is 6.93. The van der Waals surface area contributed by atoms with Crippen LogP contribution >= 0.6 is 23.2 Å². The highest BCUT2D eigenvalue weighted by atomic mass is 35.5. The van der Waals surface area contributed by atoms with Crippen molar-refractivity contribution in [1.82, 2.24) is 34.9 Å². The molecule has 3 aromatic heterocycles. The number of aromatic amines is 2. The summed E-state index contributed by atoms with van der Waals surface area (Å²) in [5.41, 5.74) is -1.45. The van der Waals surface area contributed by atoms with Gasteiger partial charge in [-0.25, -0.2) is 19.5 Å². The molecular weight excluding hydrogens is 757 g/mol. The Bertz CT molecular complexity index is 2390. The lowest BCUT2D eigenvalue weighted by Gasteiger charge is -2.33. The largest absolute Gasteiger partial charge is 0.491 e.